The van der Waals surface area contributed by atoms with E-state index in [9.17, 15) is 31.5 Å². The second kappa shape index (κ2) is 8.27. The Labute approximate surface area is 180 Å². The van der Waals surface area contributed by atoms with E-state index >= 15 is 0 Å². The molecule has 174 valence electrons. The molecule has 10 heteroatoms. The van der Waals surface area contributed by atoms with Crippen molar-refractivity contribution in [3.05, 3.63) is 24.3 Å². The molecule has 1 heterocycles. The van der Waals surface area contributed by atoms with Gasteiger partial charge in [0.2, 0.25) is 5.91 Å². The van der Waals surface area contributed by atoms with E-state index in [1.807, 2.05) is 0 Å². The van der Waals surface area contributed by atoms with E-state index in [0.717, 1.165) is 0 Å². The number of alkyl halides is 3. The Morgan fingerprint density at radius 3 is 2.19 bits per heavy atom. The zero-order chi connectivity index (χ0) is 23.1. The minimum absolute atomic E-state index is 0.0662. The summed E-state index contributed by atoms with van der Waals surface area (Å²) >= 11 is 0. The summed E-state index contributed by atoms with van der Waals surface area (Å²) in [6.07, 6.45) is -2.55. The molecule has 1 aromatic carbocycles. The van der Waals surface area contributed by atoms with Gasteiger partial charge in [-0.25, -0.2) is 8.42 Å². The van der Waals surface area contributed by atoms with Crippen LogP contribution in [0.4, 0.5) is 18.9 Å². The molecule has 1 spiro atoms. The van der Waals surface area contributed by atoms with Gasteiger partial charge < -0.3 is 14.7 Å². The van der Waals surface area contributed by atoms with Crippen LogP contribution in [0.1, 0.15) is 46.0 Å². The van der Waals surface area contributed by atoms with Gasteiger partial charge >= 0.3 is 6.18 Å². The summed E-state index contributed by atoms with van der Waals surface area (Å²) in [5, 5.41) is 10.2. The van der Waals surface area contributed by atoms with Crippen molar-refractivity contribution in [2.24, 2.45) is 5.41 Å². The Hall–Kier alpha value is -1.81. The zero-order valence-electron chi connectivity index (χ0n) is 17.6. The Balaban J connectivity index is 1.64. The van der Waals surface area contributed by atoms with Crippen LogP contribution in [0, 0.1) is 5.41 Å². The van der Waals surface area contributed by atoms with E-state index in [4.69, 9.17) is 4.74 Å². The van der Waals surface area contributed by atoms with Gasteiger partial charge in [0.05, 0.1) is 22.0 Å². The van der Waals surface area contributed by atoms with Crippen molar-refractivity contribution in [2.75, 3.05) is 23.8 Å². The fourth-order valence-corrected chi connectivity index (χ4v) is 5.67. The molecule has 1 saturated heterocycles. The Morgan fingerprint density at radius 2 is 1.68 bits per heavy atom. The van der Waals surface area contributed by atoms with Gasteiger partial charge in [0, 0.05) is 12.2 Å². The normalized spacial score (nSPS) is 27.3. The number of ether oxygens (including phenoxy) is 1. The zero-order valence-corrected chi connectivity index (χ0v) is 18.4. The molecule has 1 saturated carbocycles. The number of benzene rings is 1. The number of carbonyl (C=O) groups excluding carboxylic acids is 1. The van der Waals surface area contributed by atoms with Gasteiger partial charge in [0.15, 0.2) is 16.4 Å². The van der Waals surface area contributed by atoms with E-state index in [0.29, 0.717) is 31.5 Å². The van der Waals surface area contributed by atoms with Gasteiger partial charge in [-0.1, -0.05) is 0 Å². The molecular weight excluding hydrogens is 435 g/mol. The van der Waals surface area contributed by atoms with Crippen molar-refractivity contribution in [1.82, 2.24) is 0 Å². The first kappa shape index (κ1) is 23.8. The minimum atomic E-state index is -4.42. The highest BCUT2D eigenvalue weighted by molar-refractivity contribution is 7.92. The number of rotatable bonds is 6. The third kappa shape index (κ3) is 5.34. The average Bonchev–Trinajstić information content (AvgIpc) is 2.99. The molecule has 0 unspecified atom stereocenters. The monoisotopic (exact) mass is 463 g/mol. The first-order valence-corrected chi connectivity index (χ1v) is 12.0. The van der Waals surface area contributed by atoms with Crippen molar-refractivity contribution in [2.45, 2.75) is 63.0 Å². The van der Waals surface area contributed by atoms with E-state index in [1.165, 1.54) is 12.1 Å². The summed E-state index contributed by atoms with van der Waals surface area (Å²) in [5.41, 5.74) is -1.39. The van der Waals surface area contributed by atoms with Crippen molar-refractivity contribution in [3.63, 3.8) is 0 Å². The molecule has 0 aromatic heterocycles. The number of halogens is 3. The van der Waals surface area contributed by atoms with Crippen molar-refractivity contribution < 1.29 is 36.2 Å². The smallest absolute Gasteiger partial charge is 0.422 e. The average molecular weight is 464 g/mol. The molecule has 1 aliphatic heterocycles. The number of anilines is 1. The molecule has 2 fully saturated rings. The Morgan fingerprint density at radius 1 is 1.10 bits per heavy atom. The molecule has 1 amide bonds. The maximum absolute atomic E-state index is 13.2. The predicted octanol–water partition coefficient (Wildman–Crippen LogP) is 3.48. The van der Waals surface area contributed by atoms with Crippen molar-refractivity contribution in [1.29, 1.82) is 0 Å². The maximum Gasteiger partial charge on any atom is 0.422 e. The molecule has 1 aromatic rings. The first-order valence-electron chi connectivity index (χ1n) is 10.3. The number of aliphatic hydroxyl groups is 1. The lowest BCUT2D eigenvalue weighted by atomic mass is 9.68. The number of sulfone groups is 1. The predicted molar refractivity (Wildman–Crippen MR) is 110 cm³/mol. The number of carbonyl (C=O) groups is 1. The van der Waals surface area contributed by atoms with Gasteiger partial charge in [-0.15, -0.1) is 0 Å². The molecule has 3 rings (SSSR count). The number of nitrogens with zero attached hydrogens (tertiary/aromatic N) is 1. The number of hydrogen-bond acceptors (Lipinski definition) is 5. The maximum atomic E-state index is 13.2. The summed E-state index contributed by atoms with van der Waals surface area (Å²) in [7, 11) is -3.40. The fraction of sp³-hybridized carbons (Fsp3) is 0.667. The van der Waals surface area contributed by atoms with Crippen LogP contribution in [0.3, 0.4) is 0 Å². The van der Waals surface area contributed by atoms with Crippen molar-refractivity contribution >= 4 is 21.4 Å². The van der Waals surface area contributed by atoms with Crippen LogP contribution >= 0.6 is 0 Å². The quantitative estimate of drug-likeness (QED) is 0.698. The lowest BCUT2D eigenvalue weighted by Crippen LogP contribution is -2.47. The van der Waals surface area contributed by atoms with Crippen LogP contribution in [0.25, 0.3) is 0 Å². The number of amides is 1. The topological polar surface area (TPSA) is 83.9 Å². The molecule has 2 aliphatic rings. The van der Waals surface area contributed by atoms with Crippen LogP contribution < -0.4 is 9.64 Å². The third-order valence-corrected chi connectivity index (χ3v) is 8.77. The molecule has 1 N–H and O–H groups in total. The lowest BCUT2D eigenvalue weighted by Gasteiger charge is -2.41. The first-order chi connectivity index (χ1) is 14.3. The fourth-order valence-electron chi connectivity index (χ4n) is 4.30. The molecule has 0 atom stereocenters. The minimum Gasteiger partial charge on any atom is -0.484 e. The SMILES string of the molecule is CC(C)S(=O)(=O)CC1(O)CCC2(CCN(c3ccc(OCC(F)(F)F)cc3)C2=O)CC1. The Bertz CT molecular complexity index is 904. The van der Waals surface area contributed by atoms with Crippen LogP contribution in [0.2, 0.25) is 0 Å². The van der Waals surface area contributed by atoms with Gasteiger partial charge in [-0.05, 0) is 70.2 Å². The summed E-state index contributed by atoms with van der Waals surface area (Å²) in [5.74, 6) is -0.327. The van der Waals surface area contributed by atoms with Gasteiger partial charge in [-0.2, -0.15) is 13.2 Å². The third-order valence-electron chi connectivity index (χ3n) is 6.39. The standard InChI is InChI=1S/C21H28F3NO5S/c1-15(2)31(28,29)14-20(27)9-7-19(8-10-20)11-12-25(18(19)26)16-3-5-17(6-4-16)30-13-21(22,23)24/h3-6,15,27H,7-14H2,1-2H3. The van der Waals surface area contributed by atoms with Crippen LogP contribution in [-0.4, -0.2) is 55.4 Å². The van der Waals surface area contributed by atoms with E-state index in [1.54, 1.807) is 30.9 Å². The second-order valence-corrected chi connectivity index (χ2v) is 11.5. The van der Waals surface area contributed by atoms with E-state index < -0.39 is 38.9 Å². The molecule has 31 heavy (non-hydrogen) atoms. The van der Waals surface area contributed by atoms with Gasteiger partial charge in [-0.3, -0.25) is 4.79 Å². The highest BCUT2D eigenvalue weighted by Gasteiger charge is 2.52. The second-order valence-electron chi connectivity index (χ2n) is 8.97. The molecular formula is C21H28F3NO5S. The van der Waals surface area contributed by atoms with Gasteiger partial charge in [0.1, 0.15) is 5.75 Å². The number of hydrogen-bond donors (Lipinski definition) is 1. The Kier molecular flexibility index (Phi) is 6.36. The van der Waals surface area contributed by atoms with E-state index in [2.05, 4.69) is 0 Å². The summed E-state index contributed by atoms with van der Waals surface area (Å²) in [4.78, 5) is 14.8. The van der Waals surface area contributed by atoms with Crippen LogP contribution in [0.5, 0.6) is 5.75 Å². The van der Waals surface area contributed by atoms with Crippen LogP contribution in [-0.2, 0) is 14.6 Å². The summed E-state index contributed by atoms with van der Waals surface area (Å²) in [6.45, 7) is 2.25. The van der Waals surface area contributed by atoms with E-state index in [-0.39, 0.29) is 30.3 Å². The molecule has 0 bridgehead atoms. The largest absolute Gasteiger partial charge is 0.484 e. The molecule has 0 radical (unpaired) electrons. The van der Waals surface area contributed by atoms with Crippen molar-refractivity contribution in [3.8, 4) is 5.75 Å². The molecule has 6 nitrogen and oxygen atoms in total. The van der Waals surface area contributed by atoms with Crippen LogP contribution in [0.15, 0.2) is 24.3 Å². The molecule has 1 aliphatic carbocycles. The summed E-state index contributed by atoms with van der Waals surface area (Å²) < 4.78 is 66.0. The highest BCUT2D eigenvalue weighted by Crippen LogP contribution is 2.49. The lowest BCUT2D eigenvalue weighted by molar-refractivity contribution is -0.153. The highest BCUT2D eigenvalue weighted by atomic mass is 32.2. The summed E-state index contributed by atoms with van der Waals surface area (Å²) in [6, 6.07) is 5.90. The van der Waals surface area contributed by atoms with Gasteiger partial charge in [0.25, 0.3) is 0 Å².